The molecule has 2 nitrogen and oxygen atoms in total. The van der Waals surface area contributed by atoms with Crippen LogP contribution in [-0.2, 0) is 10.8 Å². The summed E-state index contributed by atoms with van der Waals surface area (Å²) in [6.45, 7) is 0. The lowest BCUT2D eigenvalue weighted by atomic mass is 9.70. The van der Waals surface area contributed by atoms with E-state index in [1.165, 1.54) is 117 Å². The molecule has 384 valence electrons. The van der Waals surface area contributed by atoms with Crippen molar-refractivity contribution in [2.75, 3.05) is 0 Å². The maximum atomic E-state index is 7.44. The second-order valence-corrected chi connectivity index (χ2v) is 23.2. The smallest absolute Gasteiger partial charge is 0.144 e. The maximum absolute atomic E-state index is 7.44. The van der Waals surface area contributed by atoms with Crippen LogP contribution in [0.5, 0.6) is 0 Å². The molecule has 0 amide bonds. The van der Waals surface area contributed by atoms with E-state index in [2.05, 4.69) is 285 Å². The Hall–Kier alpha value is -10.5. The highest BCUT2D eigenvalue weighted by Gasteiger charge is 2.53. The first-order chi connectivity index (χ1) is 41.2. The number of fused-ring (bicyclic) bond motifs is 26. The van der Waals surface area contributed by atoms with Crippen molar-refractivity contribution in [3.63, 3.8) is 0 Å². The van der Waals surface area contributed by atoms with Gasteiger partial charge in [-0.25, -0.2) is 0 Å². The van der Waals surface area contributed by atoms with Crippen LogP contribution in [0.15, 0.2) is 294 Å². The zero-order valence-electron chi connectivity index (χ0n) is 45.0. The second kappa shape index (κ2) is 16.5. The molecule has 0 saturated heterocycles. The Morgan fingerprint density at radius 2 is 0.687 bits per heavy atom. The predicted octanol–water partition coefficient (Wildman–Crippen LogP) is 20.7. The minimum Gasteiger partial charge on any atom is -0.456 e. The molecule has 2 heteroatoms. The fourth-order valence-electron chi connectivity index (χ4n) is 16.3. The quantitative estimate of drug-likeness (QED) is 0.161. The summed E-state index contributed by atoms with van der Waals surface area (Å²) >= 11 is 0. The molecule has 1 unspecified atom stereocenters. The van der Waals surface area contributed by atoms with E-state index in [9.17, 15) is 0 Å². The van der Waals surface area contributed by atoms with Crippen LogP contribution < -0.4 is 0 Å². The number of rotatable bonds is 5. The van der Waals surface area contributed by atoms with Crippen molar-refractivity contribution in [1.29, 1.82) is 0 Å². The molecule has 0 bridgehead atoms. The van der Waals surface area contributed by atoms with Crippen LogP contribution in [0.4, 0.5) is 0 Å². The molecular formula is C81H48O2. The van der Waals surface area contributed by atoms with Gasteiger partial charge in [0.2, 0.25) is 0 Å². The maximum Gasteiger partial charge on any atom is 0.144 e. The van der Waals surface area contributed by atoms with Crippen molar-refractivity contribution < 1.29 is 8.83 Å². The second-order valence-electron chi connectivity index (χ2n) is 23.2. The topological polar surface area (TPSA) is 26.3 Å². The lowest BCUT2D eigenvalue weighted by molar-refractivity contribution is 0.664. The molecule has 1 atom stereocenters. The van der Waals surface area contributed by atoms with Crippen molar-refractivity contribution in [2.24, 2.45) is 0 Å². The molecule has 15 aromatic rings. The molecule has 0 saturated carbocycles. The highest BCUT2D eigenvalue weighted by molar-refractivity contribution is 6.25. The van der Waals surface area contributed by atoms with Gasteiger partial charge in [0.15, 0.2) is 0 Å². The van der Waals surface area contributed by atoms with Gasteiger partial charge in [0.05, 0.1) is 10.8 Å². The van der Waals surface area contributed by atoms with Crippen molar-refractivity contribution in [3.8, 4) is 66.8 Å². The lowest BCUT2D eigenvalue weighted by Gasteiger charge is -2.31. The van der Waals surface area contributed by atoms with Crippen LogP contribution >= 0.6 is 0 Å². The Bertz CT molecular complexity index is 5170. The molecule has 2 aromatic heterocycles. The minimum absolute atomic E-state index is 0.135. The first kappa shape index (κ1) is 45.2. The van der Waals surface area contributed by atoms with Crippen molar-refractivity contribution in [1.82, 2.24) is 0 Å². The van der Waals surface area contributed by atoms with E-state index in [4.69, 9.17) is 8.83 Å². The van der Waals surface area contributed by atoms with E-state index < -0.39 is 10.8 Å². The summed E-state index contributed by atoms with van der Waals surface area (Å²) in [6, 6.07) is 107. The number of benzene rings is 13. The molecule has 4 aliphatic carbocycles. The normalized spacial score (nSPS) is 14.4. The van der Waals surface area contributed by atoms with Crippen LogP contribution in [0.1, 0.15) is 67.1 Å². The van der Waals surface area contributed by atoms with Crippen LogP contribution in [0, 0.1) is 0 Å². The van der Waals surface area contributed by atoms with Gasteiger partial charge in [-0.05, 0) is 147 Å². The average molecular weight is 1050 g/mol. The summed E-state index contributed by atoms with van der Waals surface area (Å²) in [6.07, 6.45) is 0. The third kappa shape index (κ3) is 5.77. The predicted molar refractivity (Wildman–Crippen MR) is 338 cm³/mol. The lowest BCUT2D eigenvalue weighted by Crippen LogP contribution is -2.26. The molecule has 0 N–H and O–H groups in total. The monoisotopic (exact) mass is 1050 g/mol. The summed E-state index contributed by atoms with van der Waals surface area (Å²) in [5.74, 6) is -0.135. The summed E-state index contributed by atoms with van der Waals surface area (Å²) in [5.41, 5.74) is 31.5. The van der Waals surface area contributed by atoms with Gasteiger partial charge in [0.1, 0.15) is 22.3 Å². The minimum atomic E-state index is -0.498. The molecular weight excluding hydrogens is 1000 g/mol. The first-order valence-corrected chi connectivity index (χ1v) is 29.0. The Morgan fingerprint density at radius 3 is 1.31 bits per heavy atom. The molecule has 4 aliphatic rings. The van der Waals surface area contributed by atoms with Crippen molar-refractivity contribution in [3.05, 3.63) is 346 Å². The molecule has 13 aromatic carbocycles. The summed E-state index contributed by atoms with van der Waals surface area (Å²) in [4.78, 5) is 0. The molecule has 0 radical (unpaired) electrons. The largest absolute Gasteiger partial charge is 0.456 e. The van der Waals surface area contributed by atoms with Crippen molar-refractivity contribution >= 4 is 43.9 Å². The summed E-state index contributed by atoms with van der Waals surface area (Å²) in [7, 11) is 0. The molecule has 0 aliphatic heterocycles. The highest BCUT2D eigenvalue weighted by Crippen LogP contribution is 2.66. The van der Waals surface area contributed by atoms with Crippen LogP contribution in [-0.4, -0.2) is 0 Å². The van der Waals surface area contributed by atoms with Crippen LogP contribution in [0.3, 0.4) is 0 Å². The van der Waals surface area contributed by atoms with E-state index >= 15 is 0 Å². The Morgan fingerprint density at radius 1 is 0.241 bits per heavy atom. The van der Waals surface area contributed by atoms with Crippen LogP contribution in [0.2, 0.25) is 0 Å². The molecule has 83 heavy (non-hydrogen) atoms. The van der Waals surface area contributed by atoms with E-state index in [1.807, 2.05) is 0 Å². The van der Waals surface area contributed by atoms with E-state index in [-0.39, 0.29) is 5.92 Å². The van der Waals surface area contributed by atoms with E-state index in [0.29, 0.717) is 0 Å². The van der Waals surface area contributed by atoms with Gasteiger partial charge in [0, 0.05) is 33.0 Å². The molecule has 0 fully saturated rings. The standard InChI is InChI=1S/C81H48O2/c1-2-19-48(20-3-1)49-37-39-50(40-38-49)75(52-41-43-58-57-25-8-15-33-68(57)81(71(58)46-52)66-31-13-6-23-55(66)56-24-7-14-32-67(56)81)51-42-44-73-62(45-51)63-47-74-77(60-27-10-17-36-72(60)82-74)78(79(63)83-73)61-28-18-35-70-76(61)59-26-9-16-34-69(59)80(70)64-29-11-4-21-53(64)54-22-5-12-30-65(54)80/h1-47,75H. The van der Waals surface area contributed by atoms with Gasteiger partial charge in [-0.2, -0.15) is 0 Å². The molecule has 2 heterocycles. The van der Waals surface area contributed by atoms with Gasteiger partial charge in [-0.3, -0.25) is 0 Å². The first-order valence-electron chi connectivity index (χ1n) is 29.0. The fraction of sp³-hybridized carbons (Fsp3) is 0.0370. The summed E-state index contributed by atoms with van der Waals surface area (Å²) < 4.78 is 14.4. The van der Waals surface area contributed by atoms with Crippen molar-refractivity contribution in [2.45, 2.75) is 16.7 Å². The average Bonchev–Trinajstić information content (AvgIpc) is 1.59. The Balaban J connectivity index is 0.861. The number of hydrogen-bond donors (Lipinski definition) is 0. The number of furan rings is 2. The fourth-order valence-corrected chi connectivity index (χ4v) is 16.3. The number of para-hydroxylation sites is 1. The van der Waals surface area contributed by atoms with Gasteiger partial charge in [-0.15, -0.1) is 0 Å². The molecule has 2 spiro atoms. The summed E-state index contributed by atoms with van der Waals surface area (Å²) in [5, 5.41) is 4.21. The molecule has 19 rings (SSSR count). The zero-order chi connectivity index (χ0) is 54.1. The van der Waals surface area contributed by atoms with Gasteiger partial charge in [-0.1, -0.05) is 261 Å². The van der Waals surface area contributed by atoms with E-state index in [0.717, 1.165) is 55.0 Å². The zero-order valence-corrected chi connectivity index (χ0v) is 45.0. The van der Waals surface area contributed by atoms with E-state index in [1.54, 1.807) is 0 Å². The number of hydrogen-bond acceptors (Lipinski definition) is 2. The Kier molecular flexibility index (Phi) is 9.01. The Labute approximate surface area is 479 Å². The van der Waals surface area contributed by atoms with Gasteiger partial charge in [0.25, 0.3) is 0 Å². The third-order valence-electron chi connectivity index (χ3n) is 19.5. The van der Waals surface area contributed by atoms with Gasteiger partial charge >= 0.3 is 0 Å². The highest BCUT2D eigenvalue weighted by atomic mass is 16.3. The van der Waals surface area contributed by atoms with Crippen LogP contribution in [0.25, 0.3) is 111 Å². The SMILES string of the molecule is c1ccc(-c2ccc(C(c3ccc4c(c3)C3(c5ccccc5-c5ccccc53)c3ccccc3-4)c3ccc4oc5c(-c6cccc7c6-c6ccccc6C76c7ccccc7-c7ccccc76)c6c(cc5c4c3)oc3ccccc36)cc2)cc1. The van der Waals surface area contributed by atoms with Gasteiger partial charge < -0.3 is 8.83 Å². The third-order valence-corrected chi connectivity index (χ3v) is 19.5.